The molecule has 0 unspecified atom stereocenters. The van der Waals surface area contributed by atoms with Gasteiger partial charge in [0.25, 0.3) is 5.91 Å². The third kappa shape index (κ3) is 5.71. The van der Waals surface area contributed by atoms with Crippen molar-refractivity contribution < 1.29 is 9.53 Å². The predicted molar refractivity (Wildman–Crippen MR) is 136 cm³/mol. The van der Waals surface area contributed by atoms with Gasteiger partial charge in [-0.3, -0.25) is 9.36 Å². The molecule has 0 aliphatic heterocycles. The molecule has 1 aromatic heterocycles. The summed E-state index contributed by atoms with van der Waals surface area (Å²) in [6.07, 6.45) is 1.59. The lowest BCUT2D eigenvalue weighted by Crippen LogP contribution is -2.20. The minimum absolute atomic E-state index is 0.151. The summed E-state index contributed by atoms with van der Waals surface area (Å²) in [6, 6.07) is 23.7. The second-order valence-electron chi connectivity index (χ2n) is 7.70. The van der Waals surface area contributed by atoms with Gasteiger partial charge in [-0.1, -0.05) is 59.3 Å². The lowest BCUT2D eigenvalue weighted by molar-refractivity contribution is -0.118. The SMILES string of the molecule is COc1ccc(C=NNC(=O)CSc2nnc(-c3ccc(C)cc3)n2-c2ccc(C)cc2)cc1. The van der Waals surface area contributed by atoms with E-state index in [4.69, 9.17) is 4.74 Å². The normalized spacial score (nSPS) is 11.0. The number of rotatable bonds is 8. The number of thioether (sulfide) groups is 1. The smallest absolute Gasteiger partial charge is 0.250 e. The van der Waals surface area contributed by atoms with Crippen molar-refractivity contribution in [2.24, 2.45) is 5.10 Å². The number of benzene rings is 3. The highest BCUT2D eigenvalue weighted by molar-refractivity contribution is 7.99. The maximum absolute atomic E-state index is 12.4. The van der Waals surface area contributed by atoms with Gasteiger partial charge in [-0.25, -0.2) is 5.43 Å². The molecule has 0 fully saturated rings. The first-order valence-electron chi connectivity index (χ1n) is 10.7. The lowest BCUT2D eigenvalue weighted by Gasteiger charge is -2.11. The number of hydrogen-bond donors (Lipinski definition) is 1. The van der Waals surface area contributed by atoms with Gasteiger partial charge in [0.15, 0.2) is 11.0 Å². The molecule has 7 nitrogen and oxygen atoms in total. The van der Waals surface area contributed by atoms with E-state index in [0.29, 0.717) is 5.16 Å². The summed E-state index contributed by atoms with van der Waals surface area (Å²) >= 11 is 1.31. The van der Waals surface area contributed by atoms with Gasteiger partial charge in [0, 0.05) is 11.3 Å². The summed E-state index contributed by atoms with van der Waals surface area (Å²) in [5.41, 5.74) is 7.65. The van der Waals surface area contributed by atoms with Crippen LogP contribution in [0.5, 0.6) is 5.75 Å². The Morgan fingerprint density at radius 2 is 1.62 bits per heavy atom. The molecule has 0 spiro atoms. The standard InChI is InChI=1S/C26H25N5O2S/c1-18-4-10-21(11-5-18)25-29-30-26(31(25)22-12-6-19(2)7-13-22)34-17-24(32)28-27-16-20-8-14-23(33-3)15-9-20/h4-16H,17H2,1-3H3,(H,28,32). The van der Waals surface area contributed by atoms with Crippen LogP contribution < -0.4 is 10.2 Å². The quantitative estimate of drug-likeness (QED) is 0.227. The van der Waals surface area contributed by atoms with E-state index in [0.717, 1.165) is 34.0 Å². The molecule has 8 heteroatoms. The molecule has 0 radical (unpaired) electrons. The number of methoxy groups -OCH3 is 1. The zero-order valence-electron chi connectivity index (χ0n) is 19.2. The van der Waals surface area contributed by atoms with Crippen LogP contribution in [0.4, 0.5) is 0 Å². The largest absolute Gasteiger partial charge is 0.497 e. The van der Waals surface area contributed by atoms with Gasteiger partial charge in [0.2, 0.25) is 0 Å². The summed E-state index contributed by atoms with van der Waals surface area (Å²) in [6.45, 7) is 4.09. The van der Waals surface area contributed by atoms with E-state index in [2.05, 4.69) is 20.7 Å². The first kappa shape index (κ1) is 23.3. The van der Waals surface area contributed by atoms with Crippen LogP contribution in [0.1, 0.15) is 16.7 Å². The number of amides is 1. The van der Waals surface area contributed by atoms with Crippen molar-refractivity contribution in [3.8, 4) is 22.8 Å². The molecule has 1 heterocycles. The molecule has 4 rings (SSSR count). The van der Waals surface area contributed by atoms with E-state index in [9.17, 15) is 4.79 Å². The number of nitrogens with one attached hydrogen (secondary N) is 1. The Bertz CT molecular complexity index is 1280. The second kappa shape index (κ2) is 10.8. The van der Waals surface area contributed by atoms with Crippen LogP contribution in [0, 0.1) is 13.8 Å². The van der Waals surface area contributed by atoms with Crippen molar-refractivity contribution in [3.05, 3.63) is 89.5 Å². The third-order valence-corrected chi connectivity index (χ3v) is 6.02. The van der Waals surface area contributed by atoms with Crippen molar-refractivity contribution >= 4 is 23.9 Å². The maximum Gasteiger partial charge on any atom is 0.250 e. The monoisotopic (exact) mass is 471 g/mol. The van der Waals surface area contributed by atoms with E-state index < -0.39 is 0 Å². The van der Waals surface area contributed by atoms with E-state index in [1.54, 1.807) is 13.3 Å². The molecule has 0 bridgehead atoms. The Morgan fingerprint density at radius 3 is 2.26 bits per heavy atom. The Morgan fingerprint density at radius 1 is 0.971 bits per heavy atom. The van der Waals surface area contributed by atoms with Crippen LogP contribution in [0.25, 0.3) is 17.1 Å². The summed E-state index contributed by atoms with van der Waals surface area (Å²) in [4.78, 5) is 12.4. The number of hydrogen-bond acceptors (Lipinski definition) is 6. The number of carbonyl (C=O) groups excluding carboxylic acids is 1. The Labute approximate surface area is 202 Å². The molecule has 0 saturated heterocycles. The minimum atomic E-state index is -0.231. The van der Waals surface area contributed by atoms with Crippen molar-refractivity contribution in [1.82, 2.24) is 20.2 Å². The molecule has 0 atom stereocenters. The fraction of sp³-hybridized carbons (Fsp3) is 0.154. The van der Waals surface area contributed by atoms with Crippen LogP contribution in [-0.2, 0) is 4.79 Å². The van der Waals surface area contributed by atoms with Gasteiger partial charge in [-0.2, -0.15) is 5.10 Å². The van der Waals surface area contributed by atoms with Gasteiger partial charge in [0.05, 0.1) is 19.1 Å². The molecule has 1 amide bonds. The molecule has 0 aliphatic carbocycles. The summed E-state index contributed by atoms with van der Waals surface area (Å²) in [5, 5.41) is 13.5. The summed E-state index contributed by atoms with van der Waals surface area (Å²) in [7, 11) is 1.62. The van der Waals surface area contributed by atoms with Crippen molar-refractivity contribution in [1.29, 1.82) is 0 Å². The fourth-order valence-corrected chi connectivity index (χ4v) is 3.96. The summed E-state index contributed by atoms with van der Waals surface area (Å²) in [5.74, 6) is 1.41. The highest BCUT2D eigenvalue weighted by Crippen LogP contribution is 2.28. The van der Waals surface area contributed by atoms with Crippen molar-refractivity contribution in [2.45, 2.75) is 19.0 Å². The molecule has 4 aromatic rings. The third-order valence-electron chi connectivity index (χ3n) is 5.09. The van der Waals surface area contributed by atoms with Gasteiger partial charge >= 0.3 is 0 Å². The molecule has 0 aliphatic rings. The molecular weight excluding hydrogens is 446 g/mol. The highest BCUT2D eigenvalue weighted by Gasteiger charge is 2.17. The molecule has 172 valence electrons. The Hall–Kier alpha value is -3.91. The number of ether oxygens (including phenoxy) is 1. The van der Waals surface area contributed by atoms with Gasteiger partial charge < -0.3 is 4.74 Å². The number of aromatic nitrogens is 3. The molecule has 0 saturated carbocycles. The second-order valence-corrected chi connectivity index (χ2v) is 8.64. The van der Waals surface area contributed by atoms with Crippen LogP contribution in [-0.4, -0.2) is 39.7 Å². The van der Waals surface area contributed by atoms with E-state index in [1.807, 2.05) is 91.2 Å². The molecule has 1 N–H and O–H groups in total. The highest BCUT2D eigenvalue weighted by atomic mass is 32.2. The Kier molecular flexibility index (Phi) is 7.39. The Balaban J connectivity index is 1.48. The average Bonchev–Trinajstić information content (AvgIpc) is 3.28. The zero-order chi connectivity index (χ0) is 23.9. The average molecular weight is 472 g/mol. The van der Waals surface area contributed by atoms with E-state index in [1.165, 1.54) is 17.3 Å². The van der Waals surface area contributed by atoms with Crippen molar-refractivity contribution in [2.75, 3.05) is 12.9 Å². The molecular formula is C26H25N5O2S. The maximum atomic E-state index is 12.4. The van der Waals surface area contributed by atoms with Crippen LogP contribution in [0.2, 0.25) is 0 Å². The first-order chi connectivity index (χ1) is 16.5. The molecule has 34 heavy (non-hydrogen) atoms. The van der Waals surface area contributed by atoms with Gasteiger partial charge in [-0.15, -0.1) is 10.2 Å². The lowest BCUT2D eigenvalue weighted by atomic mass is 10.1. The minimum Gasteiger partial charge on any atom is -0.497 e. The number of carbonyl (C=O) groups is 1. The van der Waals surface area contributed by atoms with E-state index >= 15 is 0 Å². The van der Waals surface area contributed by atoms with E-state index in [-0.39, 0.29) is 11.7 Å². The topological polar surface area (TPSA) is 81.4 Å². The predicted octanol–water partition coefficient (Wildman–Crippen LogP) is 4.80. The number of hydrazone groups is 1. The van der Waals surface area contributed by atoms with Crippen LogP contribution in [0.15, 0.2) is 83.1 Å². The molecule has 3 aromatic carbocycles. The zero-order valence-corrected chi connectivity index (χ0v) is 20.0. The number of aryl methyl sites for hydroxylation is 2. The number of nitrogens with zero attached hydrogens (tertiary/aromatic N) is 4. The van der Waals surface area contributed by atoms with Gasteiger partial charge in [-0.05, 0) is 55.8 Å². The van der Waals surface area contributed by atoms with Crippen molar-refractivity contribution in [3.63, 3.8) is 0 Å². The van der Waals surface area contributed by atoms with Crippen LogP contribution in [0.3, 0.4) is 0 Å². The van der Waals surface area contributed by atoms with Crippen LogP contribution >= 0.6 is 11.8 Å². The summed E-state index contributed by atoms with van der Waals surface area (Å²) < 4.78 is 7.11. The fourth-order valence-electron chi connectivity index (χ4n) is 3.21. The van der Waals surface area contributed by atoms with Gasteiger partial charge in [0.1, 0.15) is 5.75 Å². The first-order valence-corrected chi connectivity index (χ1v) is 11.7.